The first-order valence-corrected chi connectivity index (χ1v) is 17.8. The molecule has 9 aromatic rings. The van der Waals surface area contributed by atoms with Crippen LogP contribution < -0.4 is 0 Å². The minimum Gasteiger partial charge on any atom is -0.354 e. The van der Waals surface area contributed by atoms with Crippen LogP contribution in [-0.2, 0) is 12.8 Å². The Morgan fingerprint density at radius 1 is 0.460 bits per heavy atom. The highest BCUT2D eigenvalue weighted by Gasteiger charge is 2.23. The Hall–Kier alpha value is -5.86. The fourth-order valence-electron chi connectivity index (χ4n) is 8.86. The summed E-state index contributed by atoms with van der Waals surface area (Å²) < 4.78 is 2.46. The first-order valence-electron chi connectivity index (χ1n) is 17.8. The predicted octanol–water partition coefficient (Wildman–Crippen LogP) is 12.8. The van der Waals surface area contributed by atoms with E-state index in [1.165, 1.54) is 116 Å². The highest BCUT2D eigenvalue weighted by molar-refractivity contribution is 6.14. The molecule has 0 aliphatic heterocycles. The zero-order chi connectivity index (χ0) is 33.7. The molecular formula is C48H38N2. The lowest BCUT2D eigenvalue weighted by Crippen LogP contribution is -2.05. The Kier molecular flexibility index (Phi) is 6.30. The average Bonchev–Trinajstić information content (AvgIpc) is 3.65. The second-order valence-electron chi connectivity index (χ2n) is 14.6. The second kappa shape index (κ2) is 10.8. The molecule has 240 valence electrons. The van der Waals surface area contributed by atoms with Gasteiger partial charge in [-0.1, -0.05) is 101 Å². The number of hydrogen-bond acceptors (Lipinski definition) is 0. The molecular weight excluding hydrogens is 605 g/mol. The number of hydrogen-bond donors (Lipinski definition) is 1. The molecule has 0 radical (unpaired) electrons. The van der Waals surface area contributed by atoms with Crippen molar-refractivity contribution in [1.29, 1.82) is 0 Å². The minimum absolute atomic E-state index is 1.02. The number of rotatable bonds is 3. The van der Waals surface area contributed by atoms with Crippen molar-refractivity contribution in [3.05, 3.63) is 161 Å². The van der Waals surface area contributed by atoms with Gasteiger partial charge in [-0.2, -0.15) is 0 Å². The Morgan fingerprint density at radius 3 is 1.80 bits per heavy atom. The number of H-pyrrole nitrogens is 1. The Labute approximate surface area is 292 Å². The van der Waals surface area contributed by atoms with Gasteiger partial charge in [-0.15, -0.1) is 0 Å². The average molecular weight is 643 g/mol. The van der Waals surface area contributed by atoms with Crippen molar-refractivity contribution >= 4 is 43.6 Å². The molecule has 0 saturated carbocycles. The third kappa shape index (κ3) is 4.48. The third-order valence-electron chi connectivity index (χ3n) is 10.9. The summed E-state index contributed by atoms with van der Waals surface area (Å²) in [7, 11) is 0. The first kappa shape index (κ1) is 29.1. The van der Waals surface area contributed by atoms with Crippen LogP contribution in [0.1, 0.15) is 33.4 Å². The predicted molar refractivity (Wildman–Crippen MR) is 213 cm³/mol. The first-order chi connectivity index (χ1) is 24.4. The number of nitrogens with one attached hydrogen (secondary N) is 1. The fraction of sp³-hybridized carbons (Fsp3) is 0.125. The zero-order valence-corrected chi connectivity index (χ0v) is 29.0. The van der Waals surface area contributed by atoms with Crippen LogP contribution in [0.5, 0.6) is 0 Å². The molecule has 0 amide bonds. The van der Waals surface area contributed by atoms with Gasteiger partial charge >= 0.3 is 0 Å². The number of fused-ring (bicyclic) bond motifs is 10. The molecule has 10 rings (SSSR count). The van der Waals surface area contributed by atoms with E-state index in [1.54, 1.807) is 0 Å². The summed E-state index contributed by atoms with van der Waals surface area (Å²) in [5.74, 6) is 0. The maximum absolute atomic E-state index is 3.86. The molecule has 0 spiro atoms. The number of aromatic nitrogens is 2. The number of benzene rings is 7. The quantitative estimate of drug-likeness (QED) is 0.198. The van der Waals surface area contributed by atoms with Gasteiger partial charge in [-0.05, 0) is 134 Å². The van der Waals surface area contributed by atoms with Crippen molar-refractivity contribution in [3.8, 4) is 39.1 Å². The lowest BCUT2D eigenvalue weighted by molar-refractivity contribution is 0.950. The van der Waals surface area contributed by atoms with Crippen LogP contribution >= 0.6 is 0 Å². The van der Waals surface area contributed by atoms with E-state index in [9.17, 15) is 0 Å². The highest BCUT2D eigenvalue weighted by atomic mass is 15.0. The molecule has 2 heterocycles. The van der Waals surface area contributed by atoms with E-state index in [0.717, 1.165) is 12.8 Å². The van der Waals surface area contributed by atoms with Gasteiger partial charge in [0.05, 0.1) is 16.6 Å². The summed E-state index contributed by atoms with van der Waals surface area (Å²) in [5, 5.41) is 5.24. The lowest BCUT2D eigenvalue weighted by atomic mass is 9.83. The summed E-state index contributed by atoms with van der Waals surface area (Å²) in [6.45, 7) is 8.74. The lowest BCUT2D eigenvalue weighted by Gasteiger charge is -2.21. The van der Waals surface area contributed by atoms with Gasteiger partial charge < -0.3 is 9.55 Å². The standard InChI is InChI=1S/C48H38N2/c1-28-18-29(2)21-35(20-28)32-11-16-45-42(24-32)40-15-14-38-39(48(40)49-45)13-10-34-26-44-43-25-33(36-22-30(3)19-31(4)23-36)12-17-46(43)50(47(44)27-41(34)38)37-8-6-5-7-9-37/h5-9,11-12,14-27,49H,10,13H2,1-4H3. The van der Waals surface area contributed by atoms with E-state index in [0.29, 0.717) is 0 Å². The van der Waals surface area contributed by atoms with Crippen molar-refractivity contribution in [2.45, 2.75) is 40.5 Å². The number of aryl methyl sites for hydroxylation is 6. The van der Waals surface area contributed by atoms with Crippen molar-refractivity contribution in [1.82, 2.24) is 9.55 Å². The monoisotopic (exact) mass is 642 g/mol. The maximum atomic E-state index is 3.86. The summed E-state index contributed by atoms with van der Waals surface area (Å²) in [6, 6.07) is 48.1. The van der Waals surface area contributed by atoms with Gasteiger partial charge in [0.1, 0.15) is 0 Å². The van der Waals surface area contributed by atoms with Crippen LogP contribution in [0.25, 0.3) is 82.7 Å². The molecule has 0 unspecified atom stereocenters. The molecule has 1 aliphatic carbocycles. The molecule has 2 aromatic heterocycles. The van der Waals surface area contributed by atoms with Gasteiger partial charge in [0.25, 0.3) is 0 Å². The van der Waals surface area contributed by atoms with Gasteiger partial charge in [-0.25, -0.2) is 0 Å². The summed E-state index contributed by atoms with van der Waals surface area (Å²) in [6.07, 6.45) is 2.04. The minimum atomic E-state index is 1.02. The van der Waals surface area contributed by atoms with E-state index in [1.807, 2.05) is 0 Å². The van der Waals surface area contributed by atoms with Gasteiger partial charge in [-0.3, -0.25) is 0 Å². The molecule has 0 bridgehead atoms. The fourth-order valence-corrected chi connectivity index (χ4v) is 8.86. The molecule has 0 saturated heterocycles. The van der Waals surface area contributed by atoms with Crippen LogP contribution in [-0.4, -0.2) is 9.55 Å². The molecule has 2 heteroatoms. The molecule has 2 nitrogen and oxygen atoms in total. The van der Waals surface area contributed by atoms with Crippen LogP contribution in [0.15, 0.2) is 127 Å². The molecule has 0 atom stereocenters. The zero-order valence-electron chi connectivity index (χ0n) is 29.0. The van der Waals surface area contributed by atoms with E-state index in [2.05, 4.69) is 165 Å². The Morgan fingerprint density at radius 2 is 1.10 bits per heavy atom. The Balaban J connectivity index is 1.17. The normalized spacial score (nSPS) is 12.6. The molecule has 1 aliphatic rings. The van der Waals surface area contributed by atoms with Crippen molar-refractivity contribution in [2.24, 2.45) is 0 Å². The van der Waals surface area contributed by atoms with E-state index >= 15 is 0 Å². The number of nitrogens with zero attached hydrogens (tertiary/aromatic N) is 1. The SMILES string of the molecule is Cc1cc(C)cc(-c2ccc3[nH]c4c5c(ccc4c3c2)-c2cc3c(cc2CC5)c2cc(-c4cc(C)cc(C)c4)ccc2n3-c2ccccc2)c1. The third-order valence-corrected chi connectivity index (χ3v) is 10.9. The molecule has 0 fully saturated rings. The van der Waals surface area contributed by atoms with E-state index < -0.39 is 0 Å². The van der Waals surface area contributed by atoms with Gasteiger partial charge in [0.2, 0.25) is 0 Å². The van der Waals surface area contributed by atoms with Crippen molar-refractivity contribution in [3.63, 3.8) is 0 Å². The molecule has 1 N–H and O–H groups in total. The summed E-state index contributed by atoms with van der Waals surface area (Å²) in [5.41, 5.74) is 22.0. The molecule has 7 aromatic carbocycles. The van der Waals surface area contributed by atoms with Crippen LogP contribution in [0.3, 0.4) is 0 Å². The highest BCUT2D eigenvalue weighted by Crippen LogP contribution is 2.44. The summed E-state index contributed by atoms with van der Waals surface area (Å²) >= 11 is 0. The Bertz CT molecular complexity index is 2800. The van der Waals surface area contributed by atoms with Crippen LogP contribution in [0, 0.1) is 27.7 Å². The van der Waals surface area contributed by atoms with Crippen molar-refractivity contribution in [2.75, 3.05) is 0 Å². The molecule has 50 heavy (non-hydrogen) atoms. The number of aromatic amines is 1. The van der Waals surface area contributed by atoms with E-state index in [4.69, 9.17) is 0 Å². The summed E-state index contributed by atoms with van der Waals surface area (Å²) in [4.78, 5) is 3.86. The van der Waals surface area contributed by atoms with Gasteiger partial charge in [0.15, 0.2) is 0 Å². The smallest absolute Gasteiger partial charge is 0.0547 e. The number of para-hydroxylation sites is 1. The van der Waals surface area contributed by atoms with Gasteiger partial charge in [0, 0.05) is 32.7 Å². The van der Waals surface area contributed by atoms with Crippen LogP contribution in [0.4, 0.5) is 0 Å². The van der Waals surface area contributed by atoms with Crippen LogP contribution in [0.2, 0.25) is 0 Å². The van der Waals surface area contributed by atoms with Crippen molar-refractivity contribution < 1.29 is 0 Å². The topological polar surface area (TPSA) is 20.7 Å². The maximum Gasteiger partial charge on any atom is 0.0547 e. The largest absolute Gasteiger partial charge is 0.354 e. The second-order valence-corrected chi connectivity index (χ2v) is 14.6. The van der Waals surface area contributed by atoms with E-state index in [-0.39, 0.29) is 0 Å².